The molecular weight excluding hydrogens is 581 g/mol. The molecule has 6 aromatic carbocycles. The van der Waals surface area contributed by atoms with Crippen molar-refractivity contribution >= 4 is 0 Å². The minimum Gasteiger partial charge on any atom is -0.228 e. The van der Waals surface area contributed by atoms with E-state index in [4.69, 9.17) is 9.97 Å². The summed E-state index contributed by atoms with van der Waals surface area (Å²) in [4.78, 5) is 10.1. The Kier molecular flexibility index (Phi) is 6.23. The third kappa shape index (κ3) is 4.26. The lowest BCUT2D eigenvalue weighted by Gasteiger charge is -2.24. The minimum absolute atomic E-state index is 0.0529. The Hall–Kier alpha value is -5.60. The van der Waals surface area contributed by atoms with Gasteiger partial charge in [0.05, 0.1) is 11.4 Å². The van der Waals surface area contributed by atoms with Crippen molar-refractivity contribution in [3.05, 3.63) is 168 Å². The summed E-state index contributed by atoms with van der Waals surface area (Å²) in [5, 5.41) is 0. The molecule has 230 valence electrons. The van der Waals surface area contributed by atoms with Crippen LogP contribution >= 0.6 is 0 Å². The van der Waals surface area contributed by atoms with Gasteiger partial charge >= 0.3 is 0 Å². The van der Waals surface area contributed by atoms with Gasteiger partial charge in [-0.15, -0.1) is 0 Å². The third-order valence-electron chi connectivity index (χ3n) is 10.7. The van der Waals surface area contributed by atoms with Crippen molar-refractivity contribution in [1.29, 1.82) is 0 Å². The average Bonchev–Trinajstić information content (AvgIpc) is 3.50. The van der Waals surface area contributed by atoms with Crippen molar-refractivity contribution < 1.29 is 0 Å². The Labute approximate surface area is 282 Å². The van der Waals surface area contributed by atoms with Crippen LogP contribution in [0.15, 0.2) is 146 Å². The molecule has 0 unspecified atom stereocenters. The van der Waals surface area contributed by atoms with E-state index in [9.17, 15) is 0 Å². The molecule has 2 aliphatic rings. The molecule has 0 atom stereocenters. The monoisotopic (exact) mass is 616 g/mol. The number of hydrogen-bond donors (Lipinski definition) is 0. The molecule has 0 aliphatic heterocycles. The molecule has 0 amide bonds. The first-order valence-electron chi connectivity index (χ1n) is 16.8. The van der Waals surface area contributed by atoms with E-state index in [1.165, 1.54) is 55.6 Å². The predicted octanol–water partition coefficient (Wildman–Crippen LogP) is 11.8. The topological polar surface area (TPSA) is 25.8 Å². The first kappa shape index (κ1) is 28.6. The second-order valence-corrected chi connectivity index (χ2v) is 14.2. The number of aromatic nitrogens is 2. The Balaban J connectivity index is 1.21. The van der Waals surface area contributed by atoms with Gasteiger partial charge < -0.3 is 0 Å². The maximum absolute atomic E-state index is 5.13. The number of fused-ring (bicyclic) bond motifs is 6. The smallest absolute Gasteiger partial charge is 0.160 e. The summed E-state index contributed by atoms with van der Waals surface area (Å²) in [7, 11) is 0. The highest BCUT2D eigenvalue weighted by Gasteiger charge is 2.42. The van der Waals surface area contributed by atoms with Crippen molar-refractivity contribution in [3.8, 4) is 67.3 Å². The average molecular weight is 617 g/mol. The Bertz CT molecular complexity index is 2330. The van der Waals surface area contributed by atoms with Crippen LogP contribution in [0, 0.1) is 0 Å². The largest absolute Gasteiger partial charge is 0.228 e. The lowest BCUT2D eigenvalue weighted by atomic mass is 9.79. The van der Waals surface area contributed by atoms with E-state index < -0.39 is 0 Å². The summed E-state index contributed by atoms with van der Waals surface area (Å²) >= 11 is 0. The molecule has 0 saturated heterocycles. The van der Waals surface area contributed by atoms with Crippen LogP contribution in [0.2, 0.25) is 0 Å². The number of hydrogen-bond acceptors (Lipinski definition) is 2. The van der Waals surface area contributed by atoms with Gasteiger partial charge in [-0.2, -0.15) is 0 Å². The van der Waals surface area contributed by atoms with E-state index >= 15 is 0 Å². The highest BCUT2D eigenvalue weighted by atomic mass is 14.9. The number of rotatable bonds is 4. The summed E-state index contributed by atoms with van der Waals surface area (Å²) < 4.78 is 0. The zero-order valence-corrected chi connectivity index (χ0v) is 27.8. The Morgan fingerprint density at radius 2 is 0.875 bits per heavy atom. The fraction of sp³-hybridized carbons (Fsp3) is 0.130. The van der Waals surface area contributed by atoms with E-state index in [0.717, 1.165) is 33.9 Å². The fourth-order valence-electron chi connectivity index (χ4n) is 8.13. The van der Waals surface area contributed by atoms with Gasteiger partial charge in [-0.1, -0.05) is 149 Å². The first-order valence-corrected chi connectivity index (χ1v) is 16.8. The predicted molar refractivity (Wildman–Crippen MR) is 199 cm³/mol. The molecule has 0 fully saturated rings. The third-order valence-corrected chi connectivity index (χ3v) is 10.7. The van der Waals surface area contributed by atoms with E-state index in [1.54, 1.807) is 0 Å². The zero-order chi connectivity index (χ0) is 32.6. The molecule has 2 aliphatic carbocycles. The van der Waals surface area contributed by atoms with Crippen molar-refractivity contribution in [2.24, 2.45) is 0 Å². The molecule has 1 heterocycles. The van der Waals surface area contributed by atoms with Gasteiger partial charge in [0.25, 0.3) is 0 Å². The van der Waals surface area contributed by atoms with Crippen LogP contribution in [-0.2, 0) is 10.8 Å². The van der Waals surface area contributed by atoms with Gasteiger partial charge in [0.15, 0.2) is 5.82 Å². The van der Waals surface area contributed by atoms with Crippen LogP contribution in [0.3, 0.4) is 0 Å². The van der Waals surface area contributed by atoms with Gasteiger partial charge in [0.1, 0.15) is 0 Å². The molecule has 7 aromatic rings. The molecule has 2 heteroatoms. The van der Waals surface area contributed by atoms with Crippen LogP contribution in [0.1, 0.15) is 49.9 Å². The molecule has 9 rings (SSSR count). The highest BCUT2D eigenvalue weighted by molar-refractivity contribution is 5.96. The molecule has 0 radical (unpaired) electrons. The lowest BCUT2D eigenvalue weighted by Crippen LogP contribution is -2.16. The molecule has 0 spiro atoms. The summed E-state index contributed by atoms with van der Waals surface area (Å²) in [6.45, 7) is 9.51. The quantitative estimate of drug-likeness (QED) is 0.197. The molecule has 0 bridgehead atoms. The molecular formula is C46H36N2. The van der Waals surface area contributed by atoms with Crippen molar-refractivity contribution in [2.45, 2.75) is 38.5 Å². The molecule has 0 saturated carbocycles. The van der Waals surface area contributed by atoms with Gasteiger partial charge in [-0.3, -0.25) is 0 Å². The van der Waals surface area contributed by atoms with Gasteiger partial charge in [-0.05, 0) is 79.9 Å². The fourth-order valence-corrected chi connectivity index (χ4v) is 8.13. The molecule has 1 aromatic heterocycles. The zero-order valence-electron chi connectivity index (χ0n) is 27.8. The van der Waals surface area contributed by atoms with Crippen LogP contribution in [0.5, 0.6) is 0 Å². The number of nitrogens with zero attached hydrogens (tertiary/aromatic N) is 2. The Morgan fingerprint density at radius 1 is 0.354 bits per heavy atom. The second kappa shape index (κ2) is 10.5. The van der Waals surface area contributed by atoms with Crippen molar-refractivity contribution in [3.63, 3.8) is 0 Å². The van der Waals surface area contributed by atoms with Crippen molar-refractivity contribution in [2.75, 3.05) is 0 Å². The van der Waals surface area contributed by atoms with Crippen LogP contribution in [0.4, 0.5) is 0 Å². The van der Waals surface area contributed by atoms with Gasteiger partial charge in [-0.25, -0.2) is 9.97 Å². The summed E-state index contributed by atoms with van der Waals surface area (Å²) in [6.07, 6.45) is 0. The molecule has 48 heavy (non-hydrogen) atoms. The van der Waals surface area contributed by atoms with Crippen LogP contribution in [-0.4, -0.2) is 9.97 Å². The minimum atomic E-state index is -0.114. The van der Waals surface area contributed by atoms with Gasteiger partial charge in [0, 0.05) is 27.5 Å². The second-order valence-electron chi connectivity index (χ2n) is 14.2. The summed E-state index contributed by atoms with van der Waals surface area (Å²) in [6, 6.07) is 52.5. The van der Waals surface area contributed by atoms with Crippen molar-refractivity contribution in [1.82, 2.24) is 9.97 Å². The lowest BCUT2D eigenvalue weighted by molar-refractivity contribution is 0.652. The maximum Gasteiger partial charge on any atom is 0.160 e. The van der Waals surface area contributed by atoms with Crippen LogP contribution < -0.4 is 0 Å². The normalized spacial score (nSPS) is 14.6. The first-order chi connectivity index (χ1) is 23.3. The van der Waals surface area contributed by atoms with E-state index in [-0.39, 0.29) is 10.8 Å². The maximum atomic E-state index is 5.13. The van der Waals surface area contributed by atoms with E-state index in [1.807, 2.05) is 24.3 Å². The molecule has 2 nitrogen and oxygen atoms in total. The van der Waals surface area contributed by atoms with E-state index in [2.05, 4.69) is 149 Å². The number of benzene rings is 6. The highest BCUT2D eigenvalue weighted by Crippen LogP contribution is 2.57. The van der Waals surface area contributed by atoms with Crippen LogP contribution in [0.25, 0.3) is 67.3 Å². The van der Waals surface area contributed by atoms with E-state index in [0.29, 0.717) is 0 Å². The summed E-state index contributed by atoms with van der Waals surface area (Å²) in [5.41, 5.74) is 18.3. The standard InChI is InChI=1S/C46H36N2/c1-45(2)37-23-12-11-21-34(37)35-26-40-36(27-39(35)45)43-33(22-14-24-38(43)46(40,3)4)31-19-13-20-32(25-31)42-28-41(29-15-7-5-8-16-29)47-44(48-42)30-17-9-6-10-18-30/h5-28H,1-4H3. The molecule has 0 N–H and O–H groups in total. The Morgan fingerprint density at radius 3 is 1.65 bits per heavy atom. The summed E-state index contributed by atoms with van der Waals surface area (Å²) in [5.74, 6) is 0.728. The van der Waals surface area contributed by atoms with Gasteiger partial charge in [0.2, 0.25) is 0 Å². The SMILES string of the molecule is CC1(C)c2ccccc2-c2cc3c(cc21)-c1c(-c2cccc(-c4cc(-c5ccccc5)nc(-c5ccccc5)n4)c2)cccc1C3(C)C.